The zero-order chi connectivity index (χ0) is 14.4. The number of nitrogens with zero attached hydrogens (tertiary/aromatic N) is 1. The van der Waals surface area contributed by atoms with Gasteiger partial charge in [0.25, 0.3) is 0 Å². The van der Waals surface area contributed by atoms with Crippen LogP contribution in [0.25, 0.3) is 0 Å². The Morgan fingerprint density at radius 1 is 1.35 bits per heavy atom. The molecule has 1 aliphatic heterocycles. The van der Waals surface area contributed by atoms with Crippen molar-refractivity contribution >= 4 is 0 Å². The molecule has 20 heavy (non-hydrogen) atoms. The quantitative estimate of drug-likeness (QED) is 0.863. The highest BCUT2D eigenvalue weighted by Crippen LogP contribution is 2.26. The molecular formula is C16H26N2O2. The second-order valence-corrected chi connectivity index (χ2v) is 5.35. The second-order valence-electron chi connectivity index (χ2n) is 5.35. The predicted molar refractivity (Wildman–Crippen MR) is 81.4 cm³/mol. The van der Waals surface area contributed by atoms with Gasteiger partial charge < -0.3 is 14.8 Å². The standard InChI is InChI=1S/C16H26N2O2/c1-13-4-5-16(15(12-13)14(2)17-3)20-11-8-18-6-9-19-10-7-18/h4-5,12,14,17H,6-11H2,1-3H3. The molecule has 1 saturated heterocycles. The third-order valence-electron chi connectivity index (χ3n) is 3.83. The van der Waals surface area contributed by atoms with Gasteiger partial charge in [-0.1, -0.05) is 17.7 Å². The molecular weight excluding hydrogens is 252 g/mol. The van der Waals surface area contributed by atoms with Gasteiger partial charge in [-0.25, -0.2) is 0 Å². The summed E-state index contributed by atoms with van der Waals surface area (Å²) in [6.07, 6.45) is 0. The summed E-state index contributed by atoms with van der Waals surface area (Å²) in [7, 11) is 1.98. The lowest BCUT2D eigenvalue weighted by Crippen LogP contribution is -2.38. The second kappa shape index (κ2) is 7.62. The molecule has 0 aromatic heterocycles. The number of morpholine rings is 1. The van der Waals surface area contributed by atoms with E-state index in [9.17, 15) is 0 Å². The van der Waals surface area contributed by atoms with E-state index in [1.807, 2.05) is 7.05 Å². The molecule has 1 N–H and O–H groups in total. The van der Waals surface area contributed by atoms with Gasteiger partial charge in [-0.2, -0.15) is 0 Å². The lowest BCUT2D eigenvalue weighted by molar-refractivity contribution is 0.0322. The van der Waals surface area contributed by atoms with Crippen LogP contribution in [-0.4, -0.2) is 51.4 Å². The first-order valence-corrected chi connectivity index (χ1v) is 7.41. The van der Waals surface area contributed by atoms with Gasteiger partial charge in [-0.3, -0.25) is 4.90 Å². The van der Waals surface area contributed by atoms with Crippen molar-refractivity contribution in [3.8, 4) is 5.75 Å². The van der Waals surface area contributed by atoms with Crippen LogP contribution in [0.3, 0.4) is 0 Å². The summed E-state index contributed by atoms with van der Waals surface area (Å²) in [5.41, 5.74) is 2.50. The number of hydrogen-bond acceptors (Lipinski definition) is 4. The third kappa shape index (κ3) is 4.20. The fourth-order valence-corrected chi connectivity index (χ4v) is 2.40. The highest BCUT2D eigenvalue weighted by Gasteiger charge is 2.12. The van der Waals surface area contributed by atoms with Crippen LogP contribution in [0.4, 0.5) is 0 Å². The summed E-state index contributed by atoms with van der Waals surface area (Å²) in [6.45, 7) is 9.66. The Labute approximate surface area is 122 Å². The van der Waals surface area contributed by atoms with Crippen LogP contribution in [0.15, 0.2) is 18.2 Å². The number of nitrogens with one attached hydrogen (secondary N) is 1. The lowest BCUT2D eigenvalue weighted by atomic mass is 10.0. The summed E-state index contributed by atoms with van der Waals surface area (Å²) in [4.78, 5) is 2.39. The molecule has 1 aromatic carbocycles. The van der Waals surface area contributed by atoms with E-state index in [0.29, 0.717) is 6.04 Å². The number of ether oxygens (including phenoxy) is 2. The van der Waals surface area contributed by atoms with Crippen LogP contribution < -0.4 is 10.1 Å². The van der Waals surface area contributed by atoms with Crippen molar-refractivity contribution in [1.82, 2.24) is 10.2 Å². The van der Waals surface area contributed by atoms with Gasteiger partial charge >= 0.3 is 0 Å². The van der Waals surface area contributed by atoms with Gasteiger partial charge in [-0.05, 0) is 27.0 Å². The van der Waals surface area contributed by atoms with Gasteiger partial charge in [0.15, 0.2) is 0 Å². The van der Waals surface area contributed by atoms with Crippen molar-refractivity contribution in [2.24, 2.45) is 0 Å². The third-order valence-corrected chi connectivity index (χ3v) is 3.83. The Hall–Kier alpha value is -1.10. The number of rotatable bonds is 6. The Balaban J connectivity index is 1.91. The van der Waals surface area contributed by atoms with Crippen LogP contribution in [0.1, 0.15) is 24.1 Å². The first-order chi connectivity index (χ1) is 9.70. The monoisotopic (exact) mass is 278 g/mol. The van der Waals surface area contributed by atoms with Gasteiger partial charge in [0.05, 0.1) is 13.2 Å². The zero-order valence-electron chi connectivity index (χ0n) is 12.8. The molecule has 4 heteroatoms. The van der Waals surface area contributed by atoms with Gasteiger partial charge in [0.1, 0.15) is 12.4 Å². The molecule has 1 heterocycles. The van der Waals surface area contributed by atoms with E-state index in [4.69, 9.17) is 9.47 Å². The summed E-state index contributed by atoms with van der Waals surface area (Å²) in [5, 5.41) is 3.28. The average molecular weight is 278 g/mol. The number of hydrogen-bond donors (Lipinski definition) is 1. The van der Waals surface area contributed by atoms with Crippen molar-refractivity contribution in [3.05, 3.63) is 29.3 Å². The summed E-state index contributed by atoms with van der Waals surface area (Å²) in [5.74, 6) is 0.991. The van der Waals surface area contributed by atoms with Crippen LogP contribution >= 0.6 is 0 Å². The molecule has 1 aliphatic rings. The molecule has 1 aromatic rings. The van der Waals surface area contributed by atoms with E-state index in [2.05, 4.69) is 42.3 Å². The maximum absolute atomic E-state index is 6.00. The summed E-state index contributed by atoms with van der Waals surface area (Å²) < 4.78 is 11.3. The SMILES string of the molecule is CNC(C)c1cc(C)ccc1OCCN1CCOCC1. The highest BCUT2D eigenvalue weighted by molar-refractivity contribution is 5.38. The molecule has 0 spiro atoms. The van der Waals surface area contributed by atoms with E-state index in [0.717, 1.165) is 45.2 Å². The molecule has 1 unspecified atom stereocenters. The smallest absolute Gasteiger partial charge is 0.124 e. The summed E-state index contributed by atoms with van der Waals surface area (Å²) in [6, 6.07) is 6.69. The largest absolute Gasteiger partial charge is 0.492 e. The predicted octanol–water partition coefficient (Wildman–Crippen LogP) is 1.99. The fraction of sp³-hybridized carbons (Fsp3) is 0.625. The Bertz CT molecular complexity index is 417. The molecule has 2 rings (SSSR count). The van der Waals surface area contributed by atoms with E-state index in [-0.39, 0.29) is 0 Å². The minimum atomic E-state index is 0.299. The molecule has 1 fully saturated rings. The van der Waals surface area contributed by atoms with Gasteiger partial charge in [-0.15, -0.1) is 0 Å². The maximum atomic E-state index is 6.00. The molecule has 0 saturated carbocycles. The first kappa shape index (κ1) is 15.3. The minimum absolute atomic E-state index is 0.299. The van der Waals surface area contributed by atoms with E-state index in [1.54, 1.807) is 0 Å². The van der Waals surface area contributed by atoms with Crippen LogP contribution in [0, 0.1) is 6.92 Å². The summed E-state index contributed by atoms with van der Waals surface area (Å²) >= 11 is 0. The fourth-order valence-electron chi connectivity index (χ4n) is 2.40. The van der Waals surface area contributed by atoms with Gasteiger partial charge in [0.2, 0.25) is 0 Å². The van der Waals surface area contributed by atoms with Crippen molar-refractivity contribution < 1.29 is 9.47 Å². The lowest BCUT2D eigenvalue weighted by Gasteiger charge is -2.26. The van der Waals surface area contributed by atoms with Crippen molar-refractivity contribution in [3.63, 3.8) is 0 Å². The van der Waals surface area contributed by atoms with E-state index >= 15 is 0 Å². The number of aryl methyl sites for hydroxylation is 1. The maximum Gasteiger partial charge on any atom is 0.124 e. The molecule has 0 radical (unpaired) electrons. The molecule has 0 amide bonds. The molecule has 112 valence electrons. The topological polar surface area (TPSA) is 33.7 Å². The number of benzene rings is 1. The van der Waals surface area contributed by atoms with Crippen molar-refractivity contribution in [2.75, 3.05) is 46.5 Å². The zero-order valence-corrected chi connectivity index (χ0v) is 12.8. The average Bonchev–Trinajstić information content (AvgIpc) is 2.49. The molecule has 4 nitrogen and oxygen atoms in total. The normalized spacial score (nSPS) is 17.9. The minimum Gasteiger partial charge on any atom is -0.492 e. The van der Waals surface area contributed by atoms with Crippen LogP contribution in [0.2, 0.25) is 0 Å². The first-order valence-electron chi connectivity index (χ1n) is 7.41. The van der Waals surface area contributed by atoms with Crippen LogP contribution in [-0.2, 0) is 4.74 Å². The van der Waals surface area contributed by atoms with Gasteiger partial charge in [0, 0.05) is 31.2 Å². The van der Waals surface area contributed by atoms with Crippen molar-refractivity contribution in [2.45, 2.75) is 19.9 Å². The van der Waals surface area contributed by atoms with Crippen molar-refractivity contribution in [1.29, 1.82) is 0 Å². The Kier molecular flexibility index (Phi) is 5.83. The van der Waals surface area contributed by atoms with E-state index < -0.39 is 0 Å². The Morgan fingerprint density at radius 3 is 2.80 bits per heavy atom. The molecule has 0 bridgehead atoms. The van der Waals surface area contributed by atoms with Crippen LogP contribution in [0.5, 0.6) is 5.75 Å². The van der Waals surface area contributed by atoms with E-state index in [1.165, 1.54) is 11.1 Å². The highest BCUT2D eigenvalue weighted by atomic mass is 16.5. The Morgan fingerprint density at radius 2 is 2.10 bits per heavy atom. The molecule has 0 aliphatic carbocycles. The molecule has 1 atom stereocenters.